The van der Waals surface area contributed by atoms with E-state index in [0.29, 0.717) is 17.9 Å². The number of halogens is 1. The van der Waals surface area contributed by atoms with Crippen LogP contribution in [0.3, 0.4) is 0 Å². The molecule has 0 bridgehead atoms. The van der Waals surface area contributed by atoms with Crippen molar-refractivity contribution in [2.75, 3.05) is 19.0 Å². The minimum absolute atomic E-state index is 0.205. The molecule has 2 aromatic rings. The lowest BCUT2D eigenvalue weighted by Gasteiger charge is -2.13. The van der Waals surface area contributed by atoms with Crippen molar-refractivity contribution in [2.45, 2.75) is 13.3 Å². The van der Waals surface area contributed by atoms with Crippen LogP contribution in [0, 0.1) is 0 Å². The Morgan fingerprint density at radius 3 is 2.56 bits per heavy atom. The first-order chi connectivity index (χ1) is 12.0. The highest BCUT2D eigenvalue weighted by Gasteiger charge is 2.15. The van der Waals surface area contributed by atoms with E-state index >= 15 is 0 Å². The Labute approximate surface area is 160 Å². The largest absolute Gasteiger partial charge is 0.497 e. The lowest BCUT2D eigenvalue weighted by molar-refractivity contribution is 0.0973. The summed E-state index contributed by atoms with van der Waals surface area (Å²) in [5.41, 5.74) is 1.17. The second-order valence-electron chi connectivity index (χ2n) is 5.13. The Morgan fingerprint density at radius 2 is 1.92 bits per heavy atom. The van der Waals surface area contributed by atoms with Gasteiger partial charge in [-0.15, -0.1) is 0 Å². The van der Waals surface area contributed by atoms with Crippen LogP contribution in [0.5, 0.6) is 11.5 Å². The molecule has 5 nitrogen and oxygen atoms in total. The van der Waals surface area contributed by atoms with Gasteiger partial charge in [0.1, 0.15) is 11.5 Å². The van der Waals surface area contributed by atoms with Gasteiger partial charge < -0.3 is 14.8 Å². The quantitative estimate of drug-likeness (QED) is 0.676. The average molecular weight is 423 g/mol. The first-order valence-corrected chi connectivity index (χ1v) is 8.92. The molecule has 0 saturated heterocycles. The molecule has 1 amide bonds. The highest BCUT2D eigenvalue weighted by molar-refractivity contribution is 9.10. The van der Waals surface area contributed by atoms with Crippen LogP contribution in [0.15, 0.2) is 46.9 Å². The third-order valence-corrected chi connectivity index (χ3v) is 3.92. The highest BCUT2D eigenvalue weighted by atomic mass is 79.9. The van der Waals surface area contributed by atoms with Gasteiger partial charge in [-0.3, -0.25) is 10.1 Å². The standard InChI is InChI=1S/C18H19BrN2O3S/c1-3-10-24-16-9-4-12(19)11-15(16)17(22)21-18(25)20-13-5-7-14(23-2)8-6-13/h4-9,11H,3,10H2,1-2H3,(H2,20,21,22,25). The minimum atomic E-state index is -0.335. The number of anilines is 1. The molecule has 0 aromatic heterocycles. The summed E-state index contributed by atoms with van der Waals surface area (Å²) in [5, 5.41) is 5.83. The van der Waals surface area contributed by atoms with E-state index < -0.39 is 0 Å². The van der Waals surface area contributed by atoms with Gasteiger partial charge >= 0.3 is 0 Å². The summed E-state index contributed by atoms with van der Waals surface area (Å²) >= 11 is 8.58. The number of methoxy groups -OCH3 is 1. The minimum Gasteiger partial charge on any atom is -0.497 e. The van der Waals surface area contributed by atoms with Gasteiger partial charge in [0.2, 0.25) is 0 Å². The maximum atomic E-state index is 12.5. The second-order valence-corrected chi connectivity index (χ2v) is 6.45. The molecule has 7 heteroatoms. The molecule has 0 saturated carbocycles. The van der Waals surface area contributed by atoms with E-state index in [1.165, 1.54) is 0 Å². The number of hydrogen-bond donors (Lipinski definition) is 2. The molecule has 2 aromatic carbocycles. The van der Waals surface area contributed by atoms with Crippen LogP contribution in [0.25, 0.3) is 0 Å². The zero-order chi connectivity index (χ0) is 18.2. The smallest absolute Gasteiger partial charge is 0.261 e. The Morgan fingerprint density at radius 1 is 1.20 bits per heavy atom. The van der Waals surface area contributed by atoms with Gasteiger partial charge in [-0.1, -0.05) is 22.9 Å². The SMILES string of the molecule is CCCOc1ccc(Br)cc1C(=O)NC(=S)Nc1ccc(OC)cc1. The van der Waals surface area contributed by atoms with Gasteiger partial charge in [-0.05, 0) is 61.1 Å². The molecule has 0 fully saturated rings. The number of ether oxygens (including phenoxy) is 2. The van der Waals surface area contributed by atoms with Crippen LogP contribution in [0.2, 0.25) is 0 Å². The molecule has 0 aliphatic rings. The van der Waals surface area contributed by atoms with Gasteiger partial charge in [0.05, 0.1) is 19.3 Å². The molecule has 2 N–H and O–H groups in total. The van der Waals surface area contributed by atoms with Crippen molar-refractivity contribution in [2.24, 2.45) is 0 Å². The number of rotatable bonds is 6. The molecule has 0 aliphatic heterocycles. The van der Waals surface area contributed by atoms with Crippen LogP contribution in [-0.2, 0) is 0 Å². The number of thiocarbonyl (C=S) groups is 1. The summed E-state index contributed by atoms with van der Waals surface area (Å²) in [6, 6.07) is 12.5. The van der Waals surface area contributed by atoms with Crippen molar-refractivity contribution in [1.29, 1.82) is 0 Å². The fourth-order valence-electron chi connectivity index (χ4n) is 2.02. The van der Waals surface area contributed by atoms with Crippen LogP contribution in [0.4, 0.5) is 5.69 Å². The summed E-state index contributed by atoms with van der Waals surface area (Å²) in [7, 11) is 1.60. The molecule has 0 radical (unpaired) electrons. The van der Waals surface area contributed by atoms with E-state index in [1.54, 1.807) is 31.4 Å². The van der Waals surface area contributed by atoms with Crippen LogP contribution >= 0.6 is 28.1 Å². The maximum absolute atomic E-state index is 12.5. The third-order valence-electron chi connectivity index (χ3n) is 3.22. The summed E-state index contributed by atoms with van der Waals surface area (Å²) in [4.78, 5) is 12.5. The van der Waals surface area contributed by atoms with Crippen LogP contribution in [0.1, 0.15) is 23.7 Å². The van der Waals surface area contributed by atoms with Crippen molar-refractivity contribution in [1.82, 2.24) is 5.32 Å². The Balaban J connectivity index is 2.05. The van der Waals surface area contributed by atoms with Gasteiger partial charge in [-0.25, -0.2) is 0 Å². The van der Waals surface area contributed by atoms with Crippen molar-refractivity contribution < 1.29 is 14.3 Å². The van der Waals surface area contributed by atoms with E-state index in [9.17, 15) is 4.79 Å². The van der Waals surface area contributed by atoms with Crippen molar-refractivity contribution in [3.63, 3.8) is 0 Å². The van der Waals surface area contributed by atoms with Gasteiger partial charge in [0.15, 0.2) is 5.11 Å². The Bertz CT molecular complexity index is 750. The number of nitrogens with one attached hydrogen (secondary N) is 2. The summed E-state index contributed by atoms with van der Waals surface area (Å²) < 4.78 is 11.5. The molecule has 0 heterocycles. The van der Waals surface area contributed by atoms with E-state index in [2.05, 4.69) is 26.6 Å². The summed E-state index contributed by atoms with van der Waals surface area (Å²) in [6.07, 6.45) is 0.856. The summed E-state index contributed by atoms with van der Waals surface area (Å²) in [5.74, 6) is 0.931. The lowest BCUT2D eigenvalue weighted by Crippen LogP contribution is -2.34. The summed E-state index contributed by atoms with van der Waals surface area (Å²) in [6.45, 7) is 2.54. The fourth-order valence-corrected chi connectivity index (χ4v) is 2.60. The number of hydrogen-bond acceptors (Lipinski definition) is 4. The van der Waals surface area contributed by atoms with Crippen molar-refractivity contribution in [3.8, 4) is 11.5 Å². The molecular formula is C18H19BrN2O3S. The normalized spacial score (nSPS) is 10.0. The molecule has 0 atom stereocenters. The van der Waals surface area contributed by atoms with E-state index in [4.69, 9.17) is 21.7 Å². The number of benzene rings is 2. The number of amides is 1. The maximum Gasteiger partial charge on any atom is 0.261 e. The van der Waals surface area contributed by atoms with Crippen molar-refractivity contribution in [3.05, 3.63) is 52.5 Å². The molecular weight excluding hydrogens is 404 g/mol. The monoisotopic (exact) mass is 422 g/mol. The Hall–Kier alpha value is -2.12. The van der Waals surface area contributed by atoms with Gasteiger partial charge in [0, 0.05) is 10.2 Å². The molecule has 0 unspecified atom stereocenters. The molecule has 25 heavy (non-hydrogen) atoms. The predicted octanol–water partition coefficient (Wildman–Crippen LogP) is 4.37. The molecule has 0 spiro atoms. The Kier molecular flexibility index (Phi) is 7.21. The molecule has 0 aliphatic carbocycles. The third kappa shape index (κ3) is 5.72. The average Bonchev–Trinajstić information content (AvgIpc) is 2.61. The van der Waals surface area contributed by atoms with Crippen LogP contribution in [-0.4, -0.2) is 24.7 Å². The molecule has 132 valence electrons. The van der Waals surface area contributed by atoms with Crippen molar-refractivity contribution >= 4 is 44.9 Å². The topological polar surface area (TPSA) is 59.6 Å². The highest BCUT2D eigenvalue weighted by Crippen LogP contribution is 2.23. The fraction of sp³-hybridized carbons (Fsp3) is 0.222. The van der Waals surface area contributed by atoms with E-state index in [0.717, 1.165) is 22.3 Å². The van der Waals surface area contributed by atoms with Crippen LogP contribution < -0.4 is 20.1 Å². The predicted molar refractivity (Wildman–Crippen MR) is 107 cm³/mol. The van der Waals surface area contributed by atoms with E-state index in [1.807, 2.05) is 25.1 Å². The lowest BCUT2D eigenvalue weighted by atomic mass is 10.2. The van der Waals surface area contributed by atoms with Gasteiger partial charge in [-0.2, -0.15) is 0 Å². The zero-order valence-corrected chi connectivity index (χ0v) is 16.4. The zero-order valence-electron chi connectivity index (χ0n) is 14.0. The molecule has 2 rings (SSSR count). The van der Waals surface area contributed by atoms with E-state index in [-0.39, 0.29) is 11.0 Å². The second kappa shape index (κ2) is 9.39. The first-order valence-electron chi connectivity index (χ1n) is 7.72. The first kappa shape index (κ1) is 19.2. The number of carbonyl (C=O) groups excluding carboxylic acids is 1. The van der Waals surface area contributed by atoms with Gasteiger partial charge in [0.25, 0.3) is 5.91 Å². The number of carbonyl (C=O) groups is 1.